The zero-order valence-electron chi connectivity index (χ0n) is 14.6. The molecule has 2 aromatic rings. The van der Waals surface area contributed by atoms with Gasteiger partial charge in [0.2, 0.25) is 0 Å². The second-order valence-corrected chi connectivity index (χ2v) is 6.42. The van der Waals surface area contributed by atoms with Gasteiger partial charge in [0.05, 0.1) is 11.4 Å². The number of aliphatic imine (C=N–C) groups is 4. The molecule has 0 amide bonds. The first kappa shape index (κ1) is 26.8. The van der Waals surface area contributed by atoms with Crippen LogP contribution in [0.2, 0.25) is 10.0 Å². The zero-order valence-corrected chi connectivity index (χ0v) is 18.8. The molecule has 0 fully saturated rings. The second kappa shape index (κ2) is 13.9. The third kappa shape index (κ3) is 12.8. The number of nitrogens with two attached hydrogens (primary N) is 4. The van der Waals surface area contributed by atoms with E-state index in [-0.39, 0.29) is 39.0 Å². The first-order valence-electron chi connectivity index (χ1n) is 7.37. The zero-order chi connectivity index (χ0) is 21.1. The summed E-state index contributed by atoms with van der Waals surface area (Å²) in [7, 11) is 0. The Morgan fingerprint density at radius 3 is 1.14 bits per heavy atom. The van der Waals surface area contributed by atoms with Crippen molar-refractivity contribution in [2.45, 2.75) is 0 Å². The average Bonchev–Trinajstić information content (AvgIpc) is 2.58. The molecule has 0 aliphatic carbocycles. The van der Waals surface area contributed by atoms with E-state index in [0.29, 0.717) is 21.4 Å². The molecule has 0 aliphatic rings. The minimum atomic E-state index is -0.104. The first-order valence-corrected chi connectivity index (χ1v) is 8.94. The Hall–Kier alpha value is -2.15. The third-order valence-electron chi connectivity index (χ3n) is 2.55. The summed E-state index contributed by atoms with van der Waals surface area (Å²) in [6.45, 7) is 0. The molecule has 0 spiro atoms. The van der Waals surface area contributed by atoms with Crippen molar-refractivity contribution in [3.8, 4) is 0 Å². The van der Waals surface area contributed by atoms with Crippen LogP contribution >= 0.6 is 23.2 Å². The van der Waals surface area contributed by atoms with Crippen LogP contribution < -0.4 is 22.9 Å². The van der Waals surface area contributed by atoms with Gasteiger partial charge in [-0.15, -0.1) is 0 Å². The molecular formula is C16H16Cl2CoN8S2. The van der Waals surface area contributed by atoms with Gasteiger partial charge in [0.25, 0.3) is 0 Å². The van der Waals surface area contributed by atoms with E-state index in [1.54, 1.807) is 48.5 Å². The Kier molecular flexibility index (Phi) is 12.9. The fraction of sp³-hybridized carbons (Fsp3) is 0. The molecule has 0 aromatic heterocycles. The molecule has 29 heavy (non-hydrogen) atoms. The maximum absolute atomic E-state index is 5.69. The molecular weight excluding hydrogens is 498 g/mol. The van der Waals surface area contributed by atoms with Crippen LogP contribution in [0.4, 0.5) is 11.4 Å². The molecule has 8 N–H and O–H groups in total. The SMILES string of the molecule is NC(N)=NC([S-])=Nc1ccc(Cl)cc1.NC(N)=NC([S-])=Nc1ccc(Cl)cc1.[Co+2]. The number of benzene rings is 2. The van der Waals surface area contributed by atoms with E-state index in [9.17, 15) is 0 Å². The van der Waals surface area contributed by atoms with Crippen molar-refractivity contribution in [1.82, 2.24) is 0 Å². The molecule has 0 atom stereocenters. The predicted octanol–water partition coefficient (Wildman–Crippen LogP) is 2.29. The van der Waals surface area contributed by atoms with Crippen molar-refractivity contribution in [2.24, 2.45) is 42.9 Å². The molecule has 0 saturated carbocycles. The summed E-state index contributed by atoms with van der Waals surface area (Å²) in [4.78, 5) is 15.1. The van der Waals surface area contributed by atoms with Crippen molar-refractivity contribution >= 4 is 82.1 Å². The van der Waals surface area contributed by atoms with Gasteiger partial charge < -0.3 is 48.2 Å². The summed E-state index contributed by atoms with van der Waals surface area (Å²) >= 11 is 21.0. The van der Waals surface area contributed by atoms with E-state index in [2.05, 4.69) is 20.0 Å². The van der Waals surface area contributed by atoms with Gasteiger partial charge >= 0.3 is 16.8 Å². The molecule has 13 heteroatoms. The van der Waals surface area contributed by atoms with Crippen LogP contribution in [-0.4, -0.2) is 22.3 Å². The topological polar surface area (TPSA) is 154 Å². The van der Waals surface area contributed by atoms with Gasteiger partial charge in [-0.05, 0) is 48.5 Å². The first-order chi connectivity index (χ1) is 13.2. The van der Waals surface area contributed by atoms with Gasteiger partial charge in [-0.2, -0.15) is 0 Å². The van der Waals surface area contributed by atoms with E-state index in [4.69, 9.17) is 71.4 Å². The minimum absolute atomic E-state index is 0. The van der Waals surface area contributed by atoms with Crippen LogP contribution in [0.5, 0.6) is 0 Å². The summed E-state index contributed by atoms with van der Waals surface area (Å²) in [6, 6.07) is 13.7. The molecule has 0 heterocycles. The largest absolute Gasteiger partial charge is 2.00 e. The van der Waals surface area contributed by atoms with Crippen molar-refractivity contribution in [2.75, 3.05) is 0 Å². The Bertz CT molecular complexity index is 817. The van der Waals surface area contributed by atoms with Gasteiger partial charge in [0.15, 0.2) is 11.9 Å². The molecule has 0 unspecified atom stereocenters. The van der Waals surface area contributed by atoms with Crippen molar-refractivity contribution in [3.63, 3.8) is 0 Å². The fourth-order valence-electron chi connectivity index (χ4n) is 1.52. The number of rotatable bonds is 2. The number of hydrogen-bond acceptors (Lipinski definition) is 4. The van der Waals surface area contributed by atoms with Gasteiger partial charge in [-0.25, -0.2) is 9.98 Å². The van der Waals surface area contributed by atoms with E-state index < -0.39 is 0 Å². The minimum Gasteiger partial charge on any atom is -0.740 e. The molecule has 1 radical (unpaired) electrons. The Labute approximate surface area is 199 Å². The van der Waals surface area contributed by atoms with Crippen LogP contribution in [0.15, 0.2) is 68.5 Å². The fourth-order valence-corrected chi connectivity index (χ4v) is 2.20. The molecule has 2 rings (SSSR count). The Morgan fingerprint density at radius 1 is 0.621 bits per heavy atom. The quantitative estimate of drug-likeness (QED) is 0.274. The molecule has 0 saturated heterocycles. The van der Waals surface area contributed by atoms with E-state index in [1.807, 2.05) is 0 Å². The number of nitrogens with zero attached hydrogens (tertiary/aromatic N) is 4. The molecule has 155 valence electrons. The maximum Gasteiger partial charge on any atom is 2.00 e. The predicted molar refractivity (Wildman–Crippen MR) is 123 cm³/mol. The van der Waals surface area contributed by atoms with Crippen LogP contribution in [0, 0.1) is 0 Å². The van der Waals surface area contributed by atoms with Crippen LogP contribution in [0.1, 0.15) is 0 Å². The van der Waals surface area contributed by atoms with E-state index >= 15 is 0 Å². The third-order valence-corrected chi connectivity index (χ3v) is 3.42. The second-order valence-electron chi connectivity index (χ2n) is 4.81. The molecule has 0 bridgehead atoms. The summed E-state index contributed by atoms with van der Waals surface area (Å²) < 4.78 is 0. The Morgan fingerprint density at radius 2 is 0.897 bits per heavy atom. The van der Waals surface area contributed by atoms with Gasteiger partial charge in [-0.3, -0.25) is 9.98 Å². The standard InChI is InChI=1S/2C8H9ClN4S.Co/c2*9-5-1-3-6(4-2-5)12-8(14)13-7(10)11;/h2*1-4H,(H5,10,11,12,13,14);/q;;+2/p-2. The van der Waals surface area contributed by atoms with Crippen LogP contribution in [0.3, 0.4) is 0 Å². The number of halogens is 2. The van der Waals surface area contributed by atoms with Crippen molar-refractivity contribution in [1.29, 1.82) is 0 Å². The summed E-state index contributed by atoms with van der Waals surface area (Å²) in [5, 5.41) is 1.45. The smallest absolute Gasteiger partial charge is 0.740 e. The summed E-state index contributed by atoms with van der Waals surface area (Å²) in [5.74, 6) is -0.208. The van der Waals surface area contributed by atoms with Crippen molar-refractivity contribution in [3.05, 3.63) is 58.6 Å². The maximum atomic E-state index is 5.69. The van der Waals surface area contributed by atoms with Crippen LogP contribution in [-0.2, 0) is 42.0 Å². The van der Waals surface area contributed by atoms with Gasteiger partial charge in [-0.1, -0.05) is 23.2 Å². The number of guanidine groups is 2. The van der Waals surface area contributed by atoms with Crippen molar-refractivity contribution < 1.29 is 16.8 Å². The summed E-state index contributed by atoms with van der Waals surface area (Å²) in [5.41, 5.74) is 21.8. The van der Waals surface area contributed by atoms with Gasteiger partial charge in [0, 0.05) is 20.4 Å². The number of hydrogen-bond donors (Lipinski definition) is 4. The molecule has 2 aromatic carbocycles. The average molecular weight is 514 g/mol. The van der Waals surface area contributed by atoms with Gasteiger partial charge in [0.1, 0.15) is 0 Å². The number of amidine groups is 2. The van der Waals surface area contributed by atoms with E-state index in [0.717, 1.165) is 0 Å². The summed E-state index contributed by atoms with van der Waals surface area (Å²) in [6.07, 6.45) is 0. The normalized spacial score (nSPS) is 10.7. The molecule has 0 aliphatic heterocycles. The monoisotopic (exact) mass is 513 g/mol. The Balaban J connectivity index is 0.000000523. The molecule has 8 nitrogen and oxygen atoms in total. The van der Waals surface area contributed by atoms with E-state index in [1.165, 1.54) is 0 Å². The van der Waals surface area contributed by atoms with Crippen LogP contribution in [0.25, 0.3) is 0 Å².